The summed E-state index contributed by atoms with van der Waals surface area (Å²) >= 11 is 5.12. The molecule has 2 rings (SSSR count). The van der Waals surface area contributed by atoms with Crippen molar-refractivity contribution in [2.24, 2.45) is 0 Å². The van der Waals surface area contributed by atoms with Crippen LogP contribution in [-0.2, 0) is 6.42 Å². The smallest absolute Gasteiger partial charge is 0.174 e. The minimum Gasteiger partial charge on any atom is -0.493 e. The zero-order chi connectivity index (χ0) is 15.9. The molecule has 0 atom stereocenters. The highest BCUT2D eigenvalue weighted by molar-refractivity contribution is 7.80. The van der Waals surface area contributed by atoms with Crippen LogP contribution in [0.3, 0.4) is 0 Å². The number of methoxy groups -OCH3 is 1. The van der Waals surface area contributed by atoms with Crippen LogP contribution in [0.2, 0.25) is 0 Å². The zero-order valence-electron chi connectivity index (χ0n) is 11.9. The van der Waals surface area contributed by atoms with Crippen molar-refractivity contribution in [2.45, 2.75) is 6.42 Å². The van der Waals surface area contributed by atoms with Gasteiger partial charge in [0.1, 0.15) is 11.6 Å². The van der Waals surface area contributed by atoms with Crippen LogP contribution in [-0.4, -0.2) is 23.8 Å². The van der Waals surface area contributed by atoms with E-state index in [2.05, 4.69) is 15.6 Å². The van der Waals surface area contributed by atoms with Gasteiger partial charge >= 0.3 is 0 Å². The molecule has 0 saturated heterocycles. The largest absolute Gasteiger partial charge is 0.493 e. The molecular weight excluding hydrogens is 308 g/mol. The normalized spacial score (nSPS) is 10.1. The Morgan fingerprint density at radius 2 is 1.95 bits per heavy atom. The van der Waals surface area contributed by atoms with Crippen molar-refractivity contribution in [3.8, 4) is 5.75 Å². The van der Waals surface area contributed by atoms with Crippen LogP contribution < -0.4 is 15.4 Å². The molecule has 1 aromatic carbocycles. The zero-order valence-corrected chi connectivity index (χ0v) is 12.7. The molecule has 116 valence electrons. The molecule has 0 fully saturated rings. The molecular formula is C15H15F2N3OS. The van der Waals surface area contributed by atoms with Gasteiger partial charge in [0.25, 0.3) is 0 Å². The summed E-state index contributed by atoms with van der Waals surface area (Å²) in [6.07, 6.45) is 1.78. The number of thiocarbonyl (C=S) groups is 1. The minimum absolute atomic E-state index is 0.0354. The maximum absolute atomic E-state index is 13.5. The molecule has 0 bridgehead atoms. The van der Waals surface area contributed by atoms with Crippen LogP contribution in [0.5, 0.6) is 5.75 Å². The maximum Gasteiger partial charge on any atom is 0.174 e. The second-order valence-corrected chi connectivity index (χ2v) is 4.79. The van der Waals surface area contributed by atoms with Crippen LogP contribution >= 0.6 is 12.2 Å². The van der Waals surface area contributed by atoms with E-state index in [0.717, 1.165) is 0 Å². The monoisotopic (exact) mass is 323 g/mol. The van der Waals surface area contributed by atoms with Crippen molar-refractivity contribution in [1.29, 1.82) is 0 Å². The van der Waals surface area contributed by atoms with Gasteiger partial charge in [-0.2, -0.15) is 0 Å². The van der Waals surface area contributed by atoms with Gasteiger partial charge in [-0.1, -0.05) is 6.07 Å². The molecule has 2 aromatic rings. The number of ether oxygens (including phenoxy) is 1. The van der Waals surface area contributed by atoms with Gasteiger partial charge in [-0.15, -0.1) is 0 Å². The van der Waals surface area contributed by atoms with Gasteiger partial charge in [0, 0.05) is 18.3 Å². The Kier molecular flexibility index (Phi) is 5.60. The number of hydrogen-bond donors (Lipinski definition) is 2. The highest BCUT2D eigenvalue weighted by Crippen LogP contribution is 2.19. The fraction of sp³-hybridized carbons (Fsp3) is 0.200. The fourth-order valence-corrected chi connectivity index (χ4v) is 2.07. The molecule has 0 aliphatic heterocycles. The standard InChI is InChI=1S/C15H15F2N3OS/c1-21-13-6-3-8-18-14(13)20-15(22)19-9-7-10-11(16)4-2-5-12(10)17/h2-6,8H,7,9H2,1H3,(H2,18,19,20,22). The molecule has 1 aromatic heterocycles. The Hall–Kier alpha value is -2.28. The first kappa shape index (κ1) is 16.1. The van der Waals surface area contributed by atoms with Crippen LogP contribution in [0.25, 0.3) is 0 Å². The molecule has 0 amide bonds. The molecule has 0 spiro atoms. The van der Waals surface area contributed by atoms with Crippen molar-refractivity contribution in [2.75, 3.05) is 19.0 Å². The number of benzene rings is 1. The van der Waals surface area contributed by atoms with Crippen LogP contribution in [0.1, 0.15) is 5.56 Å². The van der Waals surface area contributed by atoms with Gasteiger partial charge in [0.05, 0.1) is 7.11 Å². The third kappa shape index (κ3) is 4.11. The van der Waals surface area contributed by atoms with E-state index in [1.54, 1.807) is 18.3 Å². The van der Waals surface area contributed by atoms with Gasteiger partial charge in [-0.05, 0) is 42.9 Å². The summed E-state index contributed by atoms with van der Waals surface area (Å²) in [6, 6.07) is 7.27. The second-order valence-electron chi connectivity index (χ2n) is 4.39. The average molecular weight is 323 g/mol. The Labute approximate surface area is 132 Å². The van der Waals surface area contributed by atoms with E-state index in [4.69, 9.17) is 17.0 Å². The van der Waals surface area contributed by atoms with Gasteiger partial charge in [-0.25, -0.2) is 13.8 Å². The topological polar surface area (TPSA) is 46.2 Å². The molecule has 0 aliphatic carbocycles. The lowest BCUT2D eigenvalue weighted by molar-refractivity contribution is 0.415. The Morgan fingerprint density at radius 1 is 1.23 bits per heavy atom. The van der Waals surface area contributed by atoms with E-state index in [1.165, 1.54) is 25.3 Å². The highest BCUT2D eigenvalue weighted by atomic mass is 32.1. The maximum atomic E-state index is 13.5. The molecule has 0 aliphatic rings. The van der Waals surface area contributed by atoms with Gasteiger partial charge in [0.2, 0.25) is 0 Å². The summed E-state index contributed by atoms with van der Waals surface area (Å²) in [5.74, 6) is -0.106. The molecule has 0 radical (unpaired) electrons. The van der Waals surface area contributed by atoms with Gasteiger partial charge < -0.3 is 15.4 Å². The van der Waals surface area contributed by atoms with E-state index >= 15 is 0 Å². The van der Waals surface area contributed by atoms with Crippen molar-refractivity contribution < 1.29 is 13.5 Å². The summed E-state index contributed by atoms with van der Waals surface area (Å²) in [7, 11) is 1.53. The second kappa shape index (κ2) is 7.65. The van der Waals surface area contributed by atoms with Gasteiger partial charge in [-0.3, -0.25) is 0 Å². The molecule has 2 N–H and O–H groups in total. The number of anilines is 1. The molecule has 22 heavy (non-hydrogen) atoms. The fourth-order valence-electron chi connectivity index (χ4n) is 1.87. The summed E-state index contributed by atoms with van der Waals surface area (Å²) < 4.78 is 32.1. The van der Waals surface area contributed by atoms with E-state index in [0.29, 0.717) is 23.2 Å². The molecule has 1 heterocycles. The molecule has 7 heteroatoms. The van der Waals surface area contributed by atoms with E-state index < -0.39 is 11.6 Å². The Bertz CT molecular complexity index is 647. The number of aromatic nitrogens is 1. The number of hydrogen-bond acceptors (Lipinski definition) is 3. The van der Waals surface area contributed by atoms with Crippen LogP contribution in [0, 0.1) is 11.6 Å². The first-order chi connectivity index (χ1) is 10.6. The number of nitrogens with zero attached hydrogens (tertiary/aromatic N) is 1. The summed E-state index contributed by atoms with van der Waals surface area (Å²) in [5, 5.41) is 6.05. The summed E-state index contributed by atoms with van der Waals surface area (Å²) in [6.45, 7) is 0.291. The van der Waals surface area contributed by atoms with Gasteiger partial charge in [0.15, 0.2) is 16.7 Å². The first-order valence-corrected chi connectivity index (χ1v) is 6.99. The predicted octanol–water partition coefficient (Wildman–Crippen LogP) is 2.90. The lowest BCUT2D eigenvalue weighted by Crippen LogP contribution is -2.31. The molecule has 0 saturated carbocycles. The van der Waals surface area contributed by atoms with E-state index in [1.807, 2.05) is 0 Å². The SMILES string of the molecule is COc1cccnc1NC(=S)NCCc1c(F)cccc1F. The Morgan fingerprint density at radius 3 is 2.64 bits per heavy atom. The van der Waals surface area contributed by atoms with Crippen molar-refractivity contribution in [1.82, 2.24) is 10.3 Å². The average Bonchev–Trinajstić information content (AvgIpc) is 2.51. The quantitative estimate of drug-likeness (QED) is 0.829. The molecule has 4 nitrogen and oxygen atoms in total. The van der Waals surface area contributed by atoms with Crippen LogP contribution in [0.15, 0.2) is 36.5 Å². The Balaban J connectivity index is 1.88. The first-order valence-electron chi connectivity index (χ1n) is 6.58. The lowest BCUT2D eigenvalue weighted by atomic mass is 10.1. The number of pyridine rings is 1. The minimum atomic E-state index is -0.563. The van der Waals surface area contributed by atoms with Crippen LogP contribution in [0.4, 0.5) is 14.6 Å². The number of halogens is 2. The third-order valence-corrected chi connectivity index (χ3v) is 3.19. The summed E-state index contributed by atoms with van der Waals surface area (Å²) in [4.78, 5) is 4.10. The van der Waals surface area contributed by atoms with Crippen molar-refractivity contribution >= 4 is 23.1 Å². The van der Waals surface area contributed by atoms with E-state index in [9.17, 15) is 8.78 Å². The highest BCUT2D eigenvalue weighted by Gasteiger charge is 2.09. The lowest BCUT2D eigenvalue weighted by Gasteiger charge is -2.12. The summed E-state index contributed by atoms with van der Waals surface area (Å²) in [5.41, 5.74) is 0.0354. The van der Waals surface area contributed by atoms with E-state index in [-0.39, 0.29) is 12.0 Å². The number of rotatable bonds is 5. The third-order valence-electron chi connectivity index (χ3n) is 2.94. The predicted molar refractivity (Wildman–Crippen MR) is 85.1 cm³/mol. The van der Waals surface area contributed by atoms with Crippen molar-refractivity contribution in [3.05, 3.63) is 53.7 Å². The number of nitrogens with one attached hydrogen (secondary N) is 2. The van der Waals surface area contributed by atoms with Crippen molar-refractivity contribution in [3.63, 3.8) is 0 Å². The molecule has 0 unspecified atom stereocenters.